The summed E-state index contributed by atoms with van der Waals surface area (Å²) in [4.78, 5) is 16.4. The van der Waals surface area contributed by atoms with Crippen LogP contribution in [-0.4, -0.2) is 31.4 Å². The second-order valence-electron chi connectivity index (χ2n) is 6.72. The molecule has 0 aliphatic carbocycles. The van der Waals surface area contributed by atoms with Gasteiger partial charge in [0.1, 0.15) is 5.82 Å². The number of nitrogens with one attached hydrogen (secondary N) is 1. The van der Waals surface area contributed by atoms with E-state index in [1.807, 2.05) is 47.0 Å². The molecule has 4 aromatic rings. The molecule has 1 N–H and O–H groups in total. The van der Waals surface area contributed by atoms with E-state index in [4.69, 9.17) is 0 Å². The van der Waals surface area contributed by atoms with Gasteiger partial charge in [-0.3, -0.25) is 14.3 Å². The van der Waals surface area contributed by atoms with Crippen LogP contribution in [0.15, 0.2) is 84.3 Å². The van der Waals surface area contributed by atoms with E-state index in [1.165, 1.54) is 23.9 Å². The summed E-state index contributed by atoms with van der Waals surface area (Å²) in [6, 6.07) is 19.7. The van der Waals surface area contributed by atoms with Crippen LogP contribution in [0.25, 0.3) is 17.1 Å². The Bertz CT molecular complexity index is 1130. The van der Waals surface area contributed by atoms with Gasteiger partial charge in [-0.15, -0.1) is 10.2 Å². The summed E-state index contributed by atoms with van der Waals surface area (Å²) in [7, 11) is 0. The first-order valence-corrected chi connectivity index (χ1v) is 10.7. The van der Waals surface area contributed by atoms with Gasteiger partial charge in [0, 0.05) is 42.4 Å². The summed E-state index contributed by atoms with van der Waals surface area (Å²) in [5.41, 5.74) is 2.66. The van der Waals surface area contributed by atoms with Crippen molar-refractivity contribution in [2.24, 2.45) is 0 Å². The van der Waals surface area contributed by atoms with Gasteiger partial charge in [-0.25, -0.2) is 4.39 Å². The third-order valence-corrected chi connectivity index (χ3v) is 5.46. The van der Waals surface area contributed by atoms with Crippen molar-refractivity contribution >= 4 is 17.7 Å². The summed E-state index contributed by atoms with van der Waals surface area (Å²) in [6.45, 7) is 0.370. The van der Waals surface area contributed by atoms with Gasteiger partial charge in [0.15, 0.2) is 11.0 Å². The minimum atomic E-state index is -0.292. The molecule has 0 aliphatic heterocycles. The highest BCUT2D eigenvalue weighted by Crippen LogP contribution is 2.27. The number of hydrogen-bond acceptors (Lipinski definition) is 5. The molecule has 0 aliphatic rings. The predicted octanol–water partition coefficient (Wildman–Crippen LogP) is 4.27. The van der Waals surface area contributed by atoms with Crippen LogP contribution >= 0.6 is 11.8 Å². The molecule has 156 valence electrons. The Balaban J connectivity index is 1.42. The summed E-state index contributed by atoms with van der Waals surface area (Å²) >= 11 is 1.47. The minimum absolute atomic E-state index is 0.0740. The van der Waals surface area contributed by atoms with Crippen LogP contribution in [-0.2, 0) is 11.3 Å². The van der Waals surface area contributed by atoms with Crippen LogP contribution in [0.1, 0.15) is 12.0 Å². The molecule has 0 bridgehead atoms. The zero-order valence-electron chi connectivity index (χ0n) is 16.6. The molecule has 0 saturated heterocycles. The normalized spacial score (nSPS) is 10.7. The topological polar surface area (TPSA) is 72.7 Å². The Morgan fingerprint density at radius 1 is 1.00 bits per heavy atom. The van der Waals surface area contributed by atoms with E-state index >= 15 is 0 Å². The lowest BCUT2D eigenvalue weighted by atomic mass is 10.2. The first-order valence-electron chi connectivity index (χ1n) is 9.76. The number of thioether (sulfide) groups is 1. The summed E-state index contributed by atoms with van der Waals surface area (Å²) in [5, 5.41) is 12.3. The van der Waals surface area contributed by atoms with Crippen molar-refractivity contribution < 1.29 is 9.18 Å². The maximum atomic E-state index is 13.0. The molecule has 8 heteroatoms. The molecule has 31 heavy (non-hydrogen) atoms. The molecular formula is C23H20FN5OS. The molecule has 6 nitrogen and oxygen atoms in total. The van der Waals surface area contributed by atoms with E-state index in [2.05, 4.69) is 20.5 Å². The molecule has 0 saturated carbocycles. The molecule has 1 amide bonds. The average molecular weight is 434 g/mol. The molecular weight excluding hydrogens is 413 g/mol. The SMILES string of the molecule is O=C(CCSc1nnc(-c2cccnc2)n1-c1ccccc1)NCc1ccc(F)cc1. The molecule has 2 aromatic heterocycles. The third kappa shape index (κ3) is 5.35. The quantitative estimate of drug-likeness (QED) is 0.420. The lowest BCUT2D eigenvalue weighted by molar-refractivity contribution is -0.120. The molecule has 2 aromatic carbocycles. The zero-order valence-corrected chi connectivity index (χ0v) is 17.4. The monoisotopic (exact) mass is 433 g/mol. The Kier molecular flexibility index (Phi) is 6.68. The summed E-state index contributed by atoms with van der Waals surface area (Å²) in [6.07, 6.45) is 3.80. The number of para-hydroxylation sites is 1. The summed E-state index contributed by atoms with van der Waals surface area (Å²) < 4.78 is 14.9. The van der Waals surface area contributed by atoms with Gasteiger partial charge in [-0.1, -0.05) is 42.1 Å². The van der Waals surface area contributed by atoms with E-state index < -0.39 is 0 Å². The highest BCUT2D eigenvalue weighted by molar-refractivity contribution is 7.99. The number of hydrogen-bond donors (Lipinski definition) is 1. The molecule has 0 radical (unpaired) electrons. The van der Waals surface area contributed by atoms with Gasteiger partial charge in [0.2, 0.25) is 5.91 Å². The van der Waals surface area contributed by atoms with E-state index in [9.17, 15) is 9.18 Å². The van der Waals surface area contributed by atoms with Gasteiger partial charge >= 0.3 is 0 Å². The van der Waals surface area contributed by atoms with Crippen molar-refractivity contribution in [1.29, 1.82) is 0 Å². The van der Waals surface area contributed by atoms with Crippen molar-refractivity contribution in [3.63, 3.8) is 0 Å². The average Bonchev–Trinajstić information content (AvgIpc) is 3.24. The first kappa shape index (κ1) is 20.7. The molecule has 0 unspecified atom stereocenters. The van der Waals surface area contributed by atoms with Crippen molar-refractivity contribution in [2.45, 2.75) is 18.1 Å². The smallest absolute Gasteiger partial charge is 0.221 e. The van der Waals surface area contributed by atoms with Crippen molar-refractivity contribution in [3.05, 3.63) is 90.5 Å². The van der Waals surface area contributed by atoms with E-state index in [-0.39, 0.29) is 11.7 Å². The molecule has 0 atom stereocenters. The van der Waals surface area contributed by atoms with Crippen molar-refractivity contribution in [1.82, 2.24) is 25.1 Å². The zero-order chi connectivity index (χ0) is 21.5. The maximum Gasteiger partial charge on any atom is 0.221 e. The van der Waals surface area contributed by atoms with E-state index in [1.54, 1.807) is 24.5 Å². The Labute approximate surface area is 183 Å². The van der Waals surface area contributed by atoms with Crippen LogP contribution in [0.3, 0.4) is 0 Å². The van der Waals surface area contributed by atoms with Crippen LogP contribution in [0.2, 0.25) is 0 Å². The molecule has 0 fully saturated rings. The number of carbonyl (C=O) groups excluding carboxylic acids is 1. The van der Waals surface area contributed by atoms with Crippen LogP contribution in [0.5, 0.6) is 0 Å². The molecule has 4 rings (SSSR count). The Morgan fingerprint density at radius 2 is 1.81 bits per heavy atom. The third-order valence-electron chi connectivity index (χ3n) is 4.53. The second kappa shape index (κ2) is 9.99. The number of carbonyl (C=O) groups is 1. The van der Waals surface area contributed by atoms with Gasteiger partial charge in [0.05, 0.1) is 0 Å². The number of benzene rings is 2. The minimum Gasteiger partial charge on any atom is -0.352 e. The number of aromatic nitrogens is 4. The van der Waals surface area contributed by atoms with Gasteiger partial charge < -0.3 is 5.32 Å². The van der Waals surface area contributed by atoms with Gasteiger partial charge in [0.25, 0.3) is 0 Å². The van der Waals surface area contributed by atoms with Crippen LogP contribution in [0, 0.1) is 5.82 Å². The number of amides is 1. The second-order valence-corrected chi connectivity index (χ2v) is 7.78. The fraction of sp³-hybridized carbons (Fsp3) is 0.130. The maximum absolute atomic E-state index is 13.0. The number of pyridine rings is 1. The number of nitrogens with zero attached hydrogens (tertiary/aromatic N) is 4. The van der Waals surface area contributed by atoms with Crippen molar-refractivity contribution in [2.75, 3.05) is 5.75 Å². The number of rotatable bonds is 8. The van der Waals surface area contributed by atoms with Crippen LogP contribution in [0.4, 0.5) is 4.39 Å². The first-order chi connectivity index (χ1) is 15.2. The lowest BCUT2D eigenvalue weighted by Crippen LogP contribution is -2.23. The highest BCUT2D eigenvalue weighted by Gasteiger charge is 2.16. The van der Waals surface area contributed by atoms with E-state index in [0.717, 1.165) is 16.8 Å². The van der Waals surface area contributed by atoms with Gasteiger partial charge in [-0.2, -0.15) is 0 Å². The van der Waals surface area contributed by atoms with E-state index in [0.29, 0.717) is 29.7 Å². The molecule has 2 heterocycles. The molecule has 0 spiro atoms. The lowest BCUT2D eigenvalue weighted by Gasteiger charge is -2.10. The van der Waals surface area contributed by atoms with Crippen LogP contribution < -0.4 is 5.32 Å². The standard InChI is InChI=1S/C23H20FN5OS/c24-19-10-8-17(9-11-19)15-26-21(30)12-14-31-23-28-27-22(18-5-4-13-25-16-18)29(23)20-6-2-1-3-7-20/h1-11,13,16H,12,14-15H2,(H,26,30). The Morgan fingerprint density at radius 3 is 2.55 bits per heavy atom. The largest absolute Gasteiger partial charge is 0.352 e. The summed E-state index contributed by atoms with van der Waals surface area (Å²) in [5.74, 6) is 0.880. The van der Waals surface area contributed by atoms with Gasteiger partial charge in [-0.05, 0) is 42.0 Å². The Hall–Kier alpha value is -3.52. The highest BCUT2D eigenvalue weighted by atomic mass is 32.2. The predicted molar refractivity (Wildman–Crippen MR) is 118 cm³/mol. The van der Waals surface area contributed by atoms with Crippen molar-refractivity contribution in [3.8, 4) is 17.1 Å². The fourth-order valence-corrected chi connectivity index (χ4v) is 3.87. The fourth-order valence-electron chi connectivity index (χ4n) is 2.98. The number of halogens is 1.